The van der Waals surface area contributed by atoms with Gasteiger partial charge in [-0.05, 0) is 40.8 Å². The Morgan fingerprint density at radius 1 is 0.818 bits per heavy atom. The summed E-state index contributed by atoms with van der Waals surface area (Å²) in [6.45, 7) is 4.26. The van der Waals surface area contributed by atoms with Crippen LogP contribution in [-0.2, 0) is 4.79 Å². The molecular weight excluding hydrogens is 410 g/mol. The fourth-order valence-corrected chi connectivity index (χ4v) is 2.97. The minimum atomic E-state index is -0.521. The van der Waals surface area contributed by atoms with Crippen molar-refractivity contribution in [2.45, 2.75) is 19.8 Å². The summed E-state index contributed by atoms with van der Waals surface area (Å²) in [6, 6.07) is 26.4. The van der Waals surface area contributed by atoms with Gasteiger partial charge >= 0.3 is 0 Å². The molecule has 0 aliphatic carbocycles. The topological polar surface area (TPSA) is 70.6 Å². The van der Waals surface area contributed by atoms with Crippen LogP contribution in [0.5, 0.6) is 0 Å². The highest BCUT2D eigenvalue weighted by Crippen LogP contribution is 2.13. The minimum absolute atomic E-state index is 0.0864. The molecule has 0 heterocycles. The lowest BCUT2D eigenvalue weighted by Crippen LogP contribution is -2.32. The van der Waals surface area contributed by atoms with Crippen molar-refractivity contribution in [1.29, 1.82) is 0 Å². The van der Waals surface area contributed by atoms with Gasteiger partial charge in [-0.2, -0.15) is 5.10 Å². The molecule has 33 heavy (non-hydrogen) atoms. The predicted octanol–water partition coefficient (Wildman–Crippen LogP) is 5.29. The number of allylic oxidation sites excluding steroid dienone is 2. The van der Waals surface area contributed by atoms with E-state index in [0.29, 0.717) is 11.5 Å². The van der Waals surface area contributed by atoms with Crippen LogP contribution < -0.4 is 10.7 Å². The lowest BCUT2D eigenvalue weighted by molar-refractivity contribution is -0.117. The first-order chi connectivity index (χ1) is 16.0. The molecule has 0 saturated heterocycles. The van der Waals surface area contributed by atoms with Crippen molar-refractivity contribution in [2.24, 2.45) is 5.10 Å². The summed E-state index contributed by atoms with van der Waals surface area (Å²) in [7, 11) is 0. The van der Waals surface area contributed by atoms with Gasteiger partial charge in [0, 0.05) is 5.56 Å². The molecule has 0 bridgehead atoms. The number of benzene rings is 3. The molecule has 0 unspecified atom stereocenters. The number of rotatable bonds is 8. The van der Waals surface area contributed by atoms with Gasteiger partial charge < -0.3 is 5.32 Å². The Morgan fingerprint density at radius 2 is 1.45 bits per heavy atom. The first kappa shape index (κ1) is 23.4. The van der Waals surface area contributed by atoms with Crippen molar-refractivity contribution in [3.8, 4) is 0 Å². The molecule has 5 heteroatoms. The maximum atomic E-state index is 12.7. The highest BCUT2D eigenvalue weighted by Gasteiger charge is 2.13. The molecule has 3 aromatic rings. The monoisotopic (exact) mass is 437 g/mol. The summed E-state index contributed by atoms with van der Waals surface area (Å²) in [5.74, 6) is -0.453. The molecule has 0 aromatic heterocycles. The fourth-order valence-electron chi connectivity index (χ4n) is 2.97. The SMILES string of the molecule is CC(C)c1ccc(/C=N\NC(=O)/C(=C/C=C/c2ccccc2)NC(=O)c2ccccc2)cc1. The highest BCUT2D eigenvalue weighted by atomic mass is 16.2. The second-order valence-electron chi connectivity index (χ2n) is 7.69. The lowest BCUT2D eigenvalue weighted by Gasteiger charge is -2.08. The van der Waals surface area contributed by atoms with Crippen LogP contribution in [0.25, 0.3) is 6.08 Å². The average Bonchev–Trinajstić information content (AvgIpc) is 2.84. The van der Waals surface area contributed by atoms with Crippen molar-refractivity contribution in [3.05, 3.63) is 125 Å². The van der Waals surface area contributed by atoms with Crippen LogP contribution in [0.15, 0.2) is 108 Å². The number of nitrogens with zero attached hydrogens (tertiary/aromatic N) is 1. The van der Waals surface area contributed by atoms with Crippen LogP contribution >= 0.6 is 0 Å². The van der Waals surface area contributed by atoms with Crippen molar-refractivity contribution in [1.82, 2.24) is 10.7 Å². The number of hydrogen-bond acceptors (Lipinski definition) is 3. The second kappa shape index (κ2) is 12.0. The van der Waals surface area contributed by atoms with E-state index < -0.39 is 5.91 Å². The summed E-state index contributed by atoms with van der Waals surface area (Å²) in [6.07, 6.45) is 6.68. The Balaban J connectivity index is 1.72. The van der Waals surface area contributed by atoms with Crippen molar-refractivity contribution in [2.75, 3.05) is 0 Å². The van der Waals surface area contributed by atoms with Crippen LogP contribution in [0.4, 0.5) is 0 Å². The van der Waals surface area contributed by atoms with Gasteiger partial charge in [0.15, 0.2) is 0 Å². The van der Waals surface area contributed by atoms with Gasteiger partial charge in [-0.1, -0.05) is 98.8 Å². The summed E-state index contributed by atoms with van der Waals surface area (Å²) in [5.41, 5.74) is 6.10. The molecule has 166 valence electrons. The third-order valence-electron chi connectivity index (χ3n) is 4.86. The van der Waals surface area contributed by atoms with Crippen LogP contribution in [-0.4, -0.2) is 18.0 Å². The molecule has 5 nitrogen and oxygen atoms in total. The Bertz CT molecular complexity index is 1150. The van der Waals surface area contributed by atoms with Gasteiger partial charge in [-0.3, -0.25) is 9.59 Å². The third-order valence-corrected chi connectivity index (χ3v) is 4.86. The normalized spacial score (nSPS) is 11.8. The third kappa shape index (κ3) is 7.43. The number of hydrazone groups is 1. The molecule has 0 fully saturated rings. The molecule has 2 N–H and O–H groups in total. The van der Waals surface area contributed by atoms with Gasteiger partial charge in [0.25, 0.3) is 11.8 Å². The standard InChI is InChI=1S/C28H27N3O2/c1-21(2)24-18-16-23(17-19-24)20-29-31-28(33)26(15-9-12-22-10-5-3-6-11-22)30-27(32)25-13-7-4-8-14-25/h3-21H,1-2H3,(H,30,32)(H,31,33)/b12-9+,26-15-,29-20-. The molecule has 0 aliphatic heterocycles. The van der Waals surface area contributed by atoms with E-state index >= 15 is 0 Å². The van der Waals surface area contributed by atoms with Crippen LogP contribution in [0.2, 0.25) is 0 Å². The maximum Gasteiger partial charge on any atom is 0.287 e. The van der Waals surface area contributed by atoms with E-state index in [-0.39, 0.29) is 11.6 Å². The Morgan fingerprint density at radius 3 is 2.09 bits per heavy atom. The molecule has 0 atom stereocenters. The molecule has 2 amide bonds. The van der Waals surface area contributed by atoms with Crippen LogP contribution in [0.3, 0.4) is 0 Å². The summed E-state index contributed by atoms with van der Waals surface area (Å²) in [5, 5.41) is 6.72. The minimum Gasteiger partial charge on any atom is -0.317 e. The predicted molar refractivity (Wildman–Crippen MR) is 134 cm³/mol. The largest absolute Gasteiger partial charge is 0.317 e. The summed E-state index contributed by atoms with van der Waals surface area (Å²) < 4.78 is 0. The van der Waals surface area contributed by atoms with Gasteiger partial charge in [-0.25, -0.2) is 5.43 Å². The average molecular weight is 438 g/mol. The number of hydrogen-bond donors (Lipinski definition) is 2. The zero-order valence-electron chi connectivity index (χ0n) is 18.7. The first-order valence-electron chi connectivity index (χ1n) is 10.8. The van der Waals surface area contributed by atoms with Crippen molar-refractivity contribution < 1.29 is 9.59 Å². The summed E-state index contributed by atoms with van der Waals surface area (Å²) >= 11 is 0. The fraction of sp³-hybridized carbons (Fsp3) is 0.107. The van der Waals surface area contributed by atoms with E-state index in [2.05, 4.69) is 29.7 Å². The van der Waals surface area contributed by atoms with Crippen LogP contribution in [0.1, 0.15) is 46.8 Å². The van der Waals surface area contributed by atoms with Crippen molar-refractivity contribution in [3.63, 3.8) is 0 Å². The molecule has 3 rings (SSSR count). The van der Waals surface area contributed by atoms with Gasteiger partial charge in [0.2, 0.25) is 0 Å². The van der Waals surface area contributed by atoms with Gasteiger partial charge in [-0.15, -0.1) is 0 Å². The number of carbonyl (C=O) groups excluding carboxylic acids is 2. The van der Waals surface area contributed by atoms with E-state index in [0.717, 1.165) is 11.1 Å². The summed E-state index contributed by atoms with van der Waals surface area (Å²) in [4.78, 5) is 25.3. The number of amides is 2. The molecular formula is C28H27N3O2. The second-order valence-corrected chi connectivity index (χ2v) is 7.69. The van der Waals surface area contributed by atoms with Gasteiger partial charge in [0.1, 0.15) is 5.70 Å². The Hall–Kier alpha value is -4.25. The molecule has 0 spiro atoms. The van der Waals surface area contributed by atoms with Gasteiger partial charge in [0.05, 0.1) is 6.21 Å². The number of nitrogens with one attached hydrogen (secondary N) is 2. The molecule has 0 radical (unpaired) electrons. The molecule has 3 aromatic carbocycles. The zero-order valence-corrected chi connectivity index (χ0v) is 18.7. The molecule has 0 saturated carbocycles. The maximum absolute atomic E-state index is 12.7. The van der Waals surface area contributed by atoms with E-state index in [4.69, 9.17) is 0 Å². The van der Waals surface area contributed by atoms with E-state index in [1.165, 1.54) is 5.56 Å². The van der Waals surface area contributed by atoms with Crippen molar-refractivity contribution >= 4 is 24.1 Å². The van der Waals surface area contributed by atoms with E-state index in [1.807, 2.05) is 66.7 Å². The van der Waals surface area contributed by atoms with Crippen LogP contribution in [0, 0.1) is 0 Å². The quantitative estimate of drug-likeness (QED) is 0.218. The first-order valence-corrected chi connectivity index (χ1v) is 10.8. The lowest BCUT2D eigenvalue weighted by atomic mass is 10.0. The smallest absolute Gasteiger partial charge is 0.287 e. The highest BCUT2D eigenvalue weighted by molar-refractivity contribution is 6.03. The Kier molecular flexibility index (Phi) is 8.48. The van der Waals surface area contributed by atoms with E-state index in [1.54, 1.807) is 42.6 Å². The van der Waals surface area contributed by atoms with E-state index in [9.17, 15) is 9.59 Å². The molecule has 0 aliphatic rings. The zero-order chi connectivity index (χ0) is 23.5. The Labute approximate surface area is 194 Å². The number of carbonyl (C=O) groups is 2.